The van der Waals surface area contributed by atoms with Crippen molar-refractivity contribution in [1.29, 1.82) is 0 Å². The molecule has 0 radical (unpaired) electrons. The largest absolute Gasteiger partial charge is 0.497 e. The molecule has 0 spiro atoms. The summed E-state index contributed by atoms with van der Waals surface area (Å²) in [6.07, 6.45) is 4.68. The molecule has 0 aliphatic heterocycles. The van der Waals surface area contributed by atoms with Crippen molar-refractivity contribution in [2.24, 2.45) is 5.73 Å². The molecule has 3 aromatic rings. The Morgan fingerprint density at radius 2 is 2.19 bits per heavy atom. The molecule has 0 bridgehead atoms. The minimum Gasteiger partial charge on any atom is -0.497 e. The second kappa shape index (κ2) is 5.75. The zero-order valence-electron chi connectivity index (χ0n) is 11.9. The third-order valence-corrected chi connectivity index (χ3v) is 4.18. The first kappa shape index (κ1) is 13.9. The Hall–Kier alpha value is -2.05. The lowest BCUT2D eigenvalue weighted by molar-refractivity contribution is 0.388. The number of nitrogens with two attached hydrogens (primary N) is 1. The fourth-order valence-electron chi connectivity index (χ4n) is 2.33. The van der Waals surface area contributed by atoms with E-state index in [1.165, 1.54) is 0 Å². The molecule has 0 saturated carbocycles. The predicted molar refractivity (Wildman–Crippen MR) is 83.2 cm³/mol. The number of fused-ring (bicyclic) bond motifs is 1. The van der Waals surface area contributed by atoms with E-state index in [2.05, 4.69) is 4.98 Å². The number of hydrogen-bond donors (Lipinski definition) is 1. The molecule has 1 aromatic carbocycles. The molecule has 5 nitrogen and oxygen atoms in total. The van der Waals surface area contributed by atoms with Gasteiger partial charge >= 0.3 is 0 Å². The van der Waals surface area contributed by atoms with Crippen LogP contribution in [0.5, 0.6) is 11.5 Å². The number of methoxy groups -OCH3 is 2. The highest BCUT2D eigenvalue weighted by Gasteiger charge is 2.15. The van der Waals surface area contributed by atoms with Gasteiger partial charge in [0.25, 0.3) is 0 Å². The van der Waals surface area contributed by atoms with Gasteiger partial charge in [0, 0.05) is 41.9 Å². The summed E-state index contributed by atoms with van der Waals surface area (Å²) < 4.78 is 12.6. The van der Waals surface area contributed by atoms with Crippen LogP contribution in [0.4, 0.5) is 0 Å². The Bertz CT molecular complexity index is 722. The van der Waals surface area contributed by atoms with Crippen molar-refractivity contribution in [2.75, 3.05) is 14.2 Å². The van der Waals surface area contributed by atoms with Crippen LogP contribution < -0.4 is 15.2 Å². The molecule has 110 valence electrons. The summed E-state index contributed by atoms with van der Waals surface area (Å²) >= 11 is 1.61. The van der Waals surface area contributed by atoms with Crippen molar-refractivity contribution >= 4 is 16.3 Å². The first-order valence-corrected chi connectivity index (χ1v) is 7.48. The van der Waals surface area contributed by atoms with Gasteiger partial charge in [0.2, 0.25) is 0 Å². The second-order valence-electron chi connectivity index (χ2n) is 4.74. The van der Waals surface area contributed by atoms with E-state index < -0.39 is 0 Å². The molecule has 0 fully saturated rings. The Labute approximate surface area is 126 Å². The van der Waals surface area contributed by atoms with Gasteiger partial charge in [-0.1, -0.05) is 6.07 Å². The molecule has 2 aromatic heterocycles. The Balaban J connectivity index is 1.84. The van der Waals surface area contributed by atoms with E-state index in [1.54, 1.807) is 25.6 Å². The molecule has 0 amide bonds. The summed E-state index contributed by atoms with van der Waals surface area (Å²) in [6, 6.07) is 5.51. The molecule has 1 unspecified atom stereocenters. The van der Waals surface area contributed by atoms with E-state index in [0.717, 1.165) is 27.7 Å². The van der Waals surface area contributed by atoms with Crippen LogP contribution in [0.25, 0.3) is 4.96 Å². The minimum atomic E-state index is -0.171. The van der Waals surface area contributed by atoms with Crippen LogP contribution >= 0.6 is 11.3 Å². The first-order chi connectivity index (χ1) is 10.2. The van der Waals surface area contributed by atoms with Crippen LogP contribution in [-0.2, 0) is 6.42 Å². The summed E-state index contributed by atoms with van der Waals surface area (Å²) in [5.74, 6) is 1.49. The summed E-state index contributed by atoms with van der Waals surface area (Å²) in [4.78, 5) is 5.55. The average molecular weight is 303 g/mol. The smallest absolute Gasteiger partial charge is 0.193 e. The predicted octanol–water partition coefficient (Wildman–Crippen LogP) is 2.66. The molecule has 0 aliphatic carbocycles. The number of benzene rings is 1. The van der Waals surface area contributed by atoms with Gasteiger partial charge in [-0.15, -0.1) is 11.3 Å². The monoisotopic (exact) mass is 303 g/mol. The van der Waals surface area contributed by atoms with Crippen molar-refractivity contribution in [3.8, 4) is 11.5 Å². The van der Waals surface area contributed by atoms with Crippen molar-refractivity contribution in [1.82, 2.24) is 9.38 Å². The molecule has 2 heterocycles. The SMILES string of the molecule is COc1ccc(C(N)Cc2cn3ccsc3n2)c(OC)c1. The quantitative estimate of drug-likeness (QED) is 0.787. The Morgan fingerprint density at radius 3 is 2.90 bits per heavy atom. The Kier molecular flexibility index (Phi) is 3.81. The van der Waals surface area contributed by atoms with Gasteiger partial charge in [0.1, 0.15) is 11.5 Å². The highest BCUT2D eigenvalue weighted by atomic mass is 32.1. The molecule has 0 aliphatic rings. The maximum atomic E-state index is 6.32. The summed E-state index contributed by atoms with van der Waals surface area (Å²) in [7, 11) is 3.27. The van der Waals surface area contributed by atoms with Gasteiger partial charge in [0.05, 0.1) is 19.9 Å². The summed E-state index contributed by atoms with van der Waals surface area (Å²) in [5, 5.41) is 2.01. The zero-order chi connectivity index (χ0) is 14.8. The highest BCUT2D eigenvalue weighted by molar-refractivity contribution is 7.15. The lowest BCUT2D eigenvalue weighted by Crippen LogP contribution is -2.14. The molecule has 0 saturated heterocycles. The maximum Gasteiger partial charge on any atom is 0.193 e. The van der Waals surface area contributed by atoms with E-state index in [4.69, 9.17) is 15.2 Å². The van der Waals surface area contributed by atoms with Crippen molar-refractivity contribution in [3.63, 3.8) is 0 Å². The van der Waals surface area contributed by atoms with Gasteiger partial charge in [-0.25, -0.2) is 4.98 Å². The molecular formula is C15H17N3O2S. The van der Waals surface area contributed by atoms with Crippen LogP contribution in [0.1, 0.15) is 17.3 Å². The molecular weight excluding hydrogens is 286 g/mol. The van der Waals surface area contributed by atoms with Crippen molar-refractivity contribution < 1.29 is 9.47 Å². The third kappa shape index (κ3) is 2.72. The second-order valence-corrected chi connectivity index (χ2v) is 5.62. The van der Waals surface area contributed by atoms with E-state index in [0.29, 0.717) is 6.42 Å². The number of thiazole rings is 1. The summed E-state index contributed by atoms with van der Waals surface area (Å²) in [6.45, 7) is 0. The molecule has 1 atom stereocenters. The zero-order valence-corrected chi connectivity index (χ0v) is 12.8. The van der Waals surface area contributed by atoms with E-state index >= 15 is 0 Å². The van der Waals surface area contributed by atoms with Gasteiger partial charge in [-0.3, -0.25) is 4.40 Å². The van der Waals surface area contributed by atoms with Crippen LogP contribution in [-0.4, -0.2) is 23.6 Å². The summed E-state index contributed by atoms with van der Waals surface area (Å²) in [5.41, 5.74) is 8.25. The minimum absolute atomic E-state index is 0.171. The van der Waals surface area contributed by atoms with Crippen LogP contribution in [0.15, 0.2) is 36.0 Å². The molecule has 21 heavy (non-hydrogen) atoms. The number of ether oxygens (including phenoxy) is 2. The topological polar surface area (TPSA) is 61.8 Å². The average Bonchev–Trinajstić information content (AvgIpc) is 3.07. The van der Waals surface area contributed by atoms with E-state index in [9.17, 15) is 0 Å². The van der Waals surface area contributed by atoms with E-state index in [1.807, 2.05) is 40.4 Å². The van der Waals surface area contributed by atoms with Crippen LogP contribution in [0, 0.1) is 0 Å². The van der Waals surface area contributed by atoms with Crippen LogP contribution in [0.3, 0.4) is 0 Å². The standard InChI is InChI=1S/C15H17N3O2S/c1-19-11-3-4-12(14(8-11)20-2)13(16)7-10-9-18-5-6-21-15(18)17-10/h3-6,8-9,13H,7,16H2,1-2H3. The van der Waals surface area contributed by atoms with Gasteiger partial charge in [-0.2, -0.15) is 0 Å². The molecule has 6 heteroatoms. The van der Waals surface area contributed by atoms with Gasteiger partial charge in [-0.05, 0) is 6.07 Å². The number of imidazole rings is 1. The Morgan fingerprint density at radius 1 is 1.33 bits per heavy atom. The normalized spacial score (nSPS) is 12.5. The fraction of sp³-hybridized carbons (Fsp3) is 0.267. The number of hydrogen-bond acceptors (Lipinski definition) is 5. The fourth-order valence-corrected chi connectivity index (χ4v) is 3.05. The van der Waals surface area contributed by atoms with Crippen molar-refractivity contribution in [3.05, 3.63) is 47.2 Å². The van der Waals surface area contributed by atoms with Crippen molar-refractivity contribution in [2.45, 2.75) is 12.5 Å². The highest BCUT2D eigenvalue weighted by Crippen LogP contribution is 2.30. The molecule has 3 rings (SSSR count). The number of aromatic nitrogens is 2. The third-order valence-electron chi connectivity index (χ3n) is 3.41. The number of nitrogens with zero attached hydrogens (tertiary/aromatic N) is 2. The first-order valence-electron chi connectivity index (χ1n) is 6.60. The van der Waals surface area contributed by atoms with Gasteiger partial charge in [0.15, 0.2) is 4.96 Å². The van der Waals surface area contributed by atoms with Gasteiger partial charge < -0.3 is 15.2 Å². The maximum absolute atomic E-state index is 6.32. The van der Waals surface area contributed by atoms with Crippen LogP contribution in [0.2, 0.25) is 0 Å². The number of rotatable bonds is 5. The van der Waals surface area contributed by atoms with E-state index in [-0.39, 0.29) is 6.04 Å². The lowest BCUT2D eigenvalue weighted by Gasteiger charge is -2.15. The molecule has 2 N–H and O–H groups in total. The lowest BCUT2D eigenvalue weighted by atomic mass is 10.0.